The van der Waals surface area contributed by atoms with E-state index in [-0.39, 0.29) is 57.8 Å². The number of carbonyl (C=O) groups excluding carboxylic acids is 2. The maximum Gasteiger partial charge on any atom is 0.306 e. The van der Waals surface area contributed by atoms with E-state index in [1.807, 2.05) is 0 Å². The average molecular weight is 729 g/mol. The highest BCUT2D eigenvalue weighted by Gasteiger charge is 2.71. The van der Waals surface area contributed by atoms with E-state index in [0.29, 0.717) is 30.8 Å². The summed E-state index contributed by atoms with van der Waals surface area (Å²) in [5, 5.41) is 32.1. The predicted octanol–water partition coefficient (Wildman–Crippen LogP) is 7.24. The molecule has 0 aromatic heterocycles. The van der Waals surface area contributed by atoms with E-state index < -0.39 is 23.2 Å². The van der Waals surface area contributed by atoms with E-state index in [4.69, 9.17) is 4.74 Å². The molecule has 7 unspecified atom stereocenters. The quantitative estimate of drug-likeness (QED) is 0.143. The molecule has 5 aliphatic rings. The van der Waals surface area contributed by atoms with Crippen molar-refractivity contribution in [2.45, 2.75) is 165 Å². The van der Waals surface area contributed by atoms with Gasteiger partial charge in [0, 0.05) is 48.3 Å². The topological polar surface area (TPSA) is 111 Å². The number of fused-ring (bicyclic) bond motifs is 7. The van der Waals surface area contributed by atoms with Crippen molar-refractivity contribution in [1.82, 2.24) is 9.80 Å². The van der Waals surface area contributed by atoms with Crippen molar-refractivity contribution in [2.24, 2.45) is 56.2 Å². The summed E-state index contributed by atoms with van der Waals surface area (Å²) in [7, 11) is 4.20. The van der Waals surface area contributed by atoms with Crippen LogP contribution >= 0.6 is 0 Å². The molecule has 52 heavy (non-hydrogen) atoms. The van der Waals surface area contributed by atoms with Gasteiger partial charge in [0.15, 0.2) is 12.1 Å². The van der Waals surface area contributed by atoms with Crippen LogP contribution in [0.25, 0.3) is 0 Å². The van der Waals surface area contributed by atoms with Crippen molar-refractivity contribution >= 4 is 11.8 Å². The van der Waals surface area contributed by atoms with Crippen LogP contribution in [0, 0.1) is 56.2 Å². The molecule has 0 amide bonds. The van der Waals surface area contributed by atoms with Crippen LogP contribution < -0.4 is 0 Å². The molecule has 0 radical (unpaired) electrons. The lowest BCUT2D eigenvalue weighted by molar-refractivity contribution is -0.236. The number of esters is 1. The van der Waals surface area contributed by atoms with Crippen molar-refractivity contribution in [3.8, 4) is 0 Å². The fraction of sp³-hybridized carbons (Fsp3) is 0.909. The Morgan fingerprint density at radius 2 is 1.52 bits per heavy atom. The Kier molecular flexibility index (Phi) is 11.5. The molecule has 0 aliphatic heterocycles. The molecule has 8 heteroatoms. The molecule has 9 atom stereocenters. The summed E-state index contributed by atoms with van der Waals surface area (Å²) in [6.07, 6.45) is 6.11. The molecule has 0 saturated heterocycles. The van der Waals surface area contributed by atoms with Gasteiger partial charge in [0.25, 0.3) is 0 Å². The van der Waals surface area contributed by atoms with Crippen LogP contribution in [0.1, 0.15) is 140 Å². The average Bonchev–Trinajstić information content (AvgIpc) is 3.33. The van der Waals surface area contributed by atoms with E-state index in [0.717, 1.165) is 70.0 Å². The van der Waals surface area contributed by atoms with Crippen molar-refractivity contribution in [3.05, 3.63) is 11.1 Å². The second-order valence-corrected chi connectivity index (χ2v) is 21.1. The number of aliphatic hydroxyl groups is 3. The zero-order chi connectivity index (χ0) is 39.0. The van der Waals surface area contributed by atoms with Crippen molar-refractivity contribution in [1.29, 1.82) is 0 Å². The highest BCUT2D eigenvalue weighted by Crippen LogP contribution is 2.77. The Bertz CT molecular complexity index is 1380. The normalized spacial score (nSPS) is 38.1. The summed E-state index contributed by atoms with van der Waals surface area (Å²) in [4.78, 5) is 31.9. The zero-order valence-corrected chi connectivity index (χ0v) is 35.3. The third kappa shape index (κ3) is 6.68. The number of aliphatic hydroxyl groups excluding tert-OH is 2. The number of likely N-dealkylation sites (N-methyl/N-ethyl adjacent to an activating group) is 1. The first-order valence-corrected chi connectivity index (χ1v) is 20.8. The first kappa shape index (κ1) is 41.8. The molecule has 5 aliphatic carbocycles. The van der Waals surface area contributed by atoms with E-state index in [1.165, 1.54) is 5.57 Å². The zero-order valence-electron chi connectivity index (χ0n) is 35.3. The fourth-order valence-electron chi connectivity index (χ4n) is 13.2. The van der Waals surface area contributed by atoms with Crippen molar-refractivity contribution in [2.75, 3.05) is 33.7 Å². The number of hydrogen-bond acceptors (Lipinski definition) is 8. The van der Waals surface area contributed by atoms with Crippen LogP contribution in [-0.4, -0.2) is 95.1 Å². The van der Waals surface area contributed by atoms with Crippen LogP contribution in [0.15, 0.2) is 11.1 Å². The SMILES string of the molecule is CC(C)C1=C2C3CC[C@@H]4C5(C)CCC(OC(=O)CC(C)(C)C(O)O)C(C)(C)C5CCC4(C)[C@]3(C)CCC2(C(O)CN(CCN(C)C)C(C)C)CC1=O. The van der Waals surface area contributed by atoms with Gasteiger partial charge in [-0.3, -0.25) is 14.5 Å². The second kappa shape index (κ2) is 14.3. The monoisotopic (exact) mass is 729 g/mol. The number of nitrogens with zero attached hydrogens (tertiary/aromatic N) is 2. The smallest absolute Gasteiger partial charge is 0.306 e. The number of Topliss-reactive ketones (excluding diaryl/α,β-unsaturated/α-hetero) is 1. The summed E-state index contributed by atoms with van der Waals surface area (Å²) < 4.78 is 6.22. The molecule has 0 aromatic rings. The van der Waals surface area contributed by atoms with Gasteiger partial charge in [0.2, 0.25) is 0 Å². The van der Waals surface area contributed by atoms with Crippen LogP contribution in [-0.2, 0) is 14.3 Å². The lowest BCUT2D eigenvalue weighted by atomic mass is 9.33. The van der Waals surface area contributed by atoms with Gasteiger partial charge in [0.1, 0.15) is 6.10 Å². The summed E-state index contributed by atoms with van der Waals surface area (Å²) in [5.41, 5.74) is 0.887. The number of carbonyl (C=O) groups is 2. The van der Waals surface area contributed by atoms with Gasteiger partial charge < -0.3 is 25.0 Å². The van der Waals surface area contributed by atoms with Gasteiger partial charge in [-0.05, 0) is 125 Å². The molecule has 5 rings (SSSR count). The van der Waals surface area contributed by atoms with Crippen LogP contribution in [0.4, 0.5) is 0 Å². The Morgan fingerprint density at radius 1 is 0.865 bits per heavy atom. The molecule has 0 aromatic carbocycles. The van der Waals surface area contributed by atoms with Gasteiger partial charge in [-0.1, -0.05) is 67.9 Å². The molecule has 0 spiro atoms. The van der Waals surface area contributed by atoms with E-state index >= 15 is 0 Å². The molecule has 298 valence electrons. The minimum Gasteiger partial charge on any atom is -0.462 e. The highest BCUT2D eigenvalue weighted by atomic mass is 16.5. The Balaban J connectivity index is 1.45. The summed E-state index contributed by atoms with van der Waals surface area (Å²) in [6, 6.07) is 0.308. The Labute approximate surface area is 316 Å². The maximum absolute atomic E-state index is 14.1. The van der Waals surface area contributed by atoms with Gasteiger partial charge in [0.05, 0.1) is 12.5 Å². The lowest BCUT2D eigenvalue weighted by Gasteiger charge is -2.72. The Morgan fingerprint density at radius 3 is 2.10 bits per heavy atom. The van der Waals surface area contributed by atoms with Crippen molar-refractivity contribution < 1.29 is 29.6 Å². The van der Waals surface area contributed by atoms with Gasteiger partial charge in [-0.25, -0.2) is 0 Å². The fourth-order valence-corrected chi connectivity index (χ4v) is 13.2. The third-order valence-corrected chi connectivity index (χ3v) is 16.6. The third-order valence-electron chi connectivity index (χ3n) is 16.6. The largest absolute Gasteiger partial charge is 0.462 e. The maximum atomic E-state index is 14.1. The van der Waals surface area contributed by atoms with E-state index in [9.17, 15) is 24.9 Å². The van der Waals surface area contributed by atoms with E-state index in [1.54, 1.807) is 13.8 Å². The number of ketones is 1. The first-order valence-electron chi connectivity index (χ1n) is 20.8. The van der Waals surface area contributed by atoms with Gasteiger partial charge in [-0.15, -0.1) is 0 Å². The van der Waals surface area contributed by atoms with E-state index in [2.05, 4.69) is 86.2 Å². The van der Waals surface area contributed by atoms with Gasteiger partial charge in [-0.2, -0.15) is 0 Å². The standard InChI is InChI=1S/C44H76N2O6/c1-27(2)36-30(47)24-44(33(48)26-46(28(3)4)23-22-45(12)13)21-20-42(10)29(37(36)44)14-15-32-41(9)18-17-34(52-35(49)25-39(5,6)38(50)51)40(7,8)31(41)16-19-43(32,42)11/h27-29,31-34,38,48,50-51H,14-26H2,1-13H3/t29?,31?,32-,33?,34?,41?,42-,43?,44?/m1/s1. The molecular formula is C44H76N2O6. The molecule has 0 bridgehead atoms. The molecular weight excluding hydrogens is 652 g/mol. The molecule has 3 N–H and O–H groups in total. The van der Waals surface area contributed by atoms with Gasteiger partial charge >= 0.3 is 5.97 Å². The van der Waals surface area contributed by atoms with Crippen LogP contribution in [0.5, 0.6) is 0 Å². The Hall–Kier alpha value is -1.32. The number of hydrogen-bond donors (Lipinski definition) is 3. The highest BCUT2D eigenvalue weighted by molar-refractivity contribution is 6.00. The van der Waals surface area contributed by atoms with Crippen LogP contribution in [0.2, 0.25) is 0 Å². The molecule has 0 heterocycles. The number of ether oxygens (including phenoxy) is 1. The number of rotatable bonds is 12. The number of allylic oxidation sites excluding steroid dienone is 1. The molecule has 8 nitrogen and oxygen atoms in total. The molecule has 4 fully saturated rings. The predicted molar refractivity (Wildman–Crippen MR) is 207 cm³/mol. The van der Waals surface area contributed by atoms with Crippen molar-refractivity contribution in [3.63, 3.8) is 0 Å². The minimum absolute atomic E-state index is 0.0139. The summed E-state index contributed by atoms with van der Waals surface area (Å²) in [5.74, 6) is 1.25. The molecule has 4 saturated carbocycles. The minimum atomic E-state index is -1.58. The second-order valence-electron chi connectivity index (χ2n) is 21.1. The van der Waals surface area contributed by atoms with Crippen LogP contribution in [0.3, 0.4) is 0 Å². The summed E-state index contributed by atoms with van der Waals surface area (Å²) >= 11 is 0. The summed E-state index contributed by atoms with van der Waals surface area (Å²) in [6.45, 7) is 26.9. The first-order chi connectivity index (χ1) is 23.9. The lowest BCUT2D eigenvalue weighted by Crippen LogP contribution is -2.66.